The molecule has 0 amide bonds. The Labute approximate surface area is 153 Å². The van der Waals surface area contributed by atoms with Gasteiger partial charge in [-0.25, -0.2) is 0 Å². The summed E-state index contributed by atoms with van der Waals surface area (Å²) >= 11 is 0. The Kier molecular flexibility index (Phi) is 13.3. The molecule has 1 aliphatic heterocycles. The molecule has 0 bridgehead atoms. The van der Waals surface area contributed by atoms with Crippen molar-refractivity contribution in [2.45, 2.75) is 95.5 Å². The van der Waals surface area contributed by atoms with E-state index < -0.39 is 24.4 Å². The molecule has 0 aliphatic carbocycles. The van der Waals surface area contributed by atoms with Gasteiger partial charge in [-0.05, 0) is 25.7 Å². The van der Waals surface area contributed by atoms with Crippen molar-refractivity contribution < 1.29 is 24.8 Å². The van der Waals surface area contributed by atoms with Crippen LogP contribution >= 0.6 is 0 Å². The summed E-state index contributed by atoms with van der Waals surface area (Å²) in [5.74, 6) is 0. The number of rotatable bonds is 14. The molecule has 25 heavy (non-hydrogen) atoms. The van der Waals surface area contributed by atoms with Gasteiger partial charge in [-0.2, -0.15) is 0 Å². The van der Waals surface area contributed by atoms with Crippen molar-refractivity contribution in [3.8, 4) is 0 Å². The highest BCUT2D eigenvalue weighted by atomic mass is 16.6. The van der Waals surface area contributed by atoms with Crippen LogP contribution in [0.5, 0.6) is 0 Å². The van der Waals surface area contributed by atoms with Crippen LogP contribution in [-0.2, 0) is 9.47 Å². The minimum Gasteiger partial charge on any atom is -0.388 e. The van der Waals surface area contributed by atoms with Crippen LogP contribution in [0.1, 0.15) is 71.1 Å². The fraction of sp³-hybridized carbons (Fsp3) is 0.900. The Morgan fingerprint density at radius 3 is 2.20 bits per heavy atom. The Morgan fingerprint density at radius 1 is 0.880 bits per heavy atom. The van der Waals surface area contributed by atoms with Crippen LogP contribution in [0, 0.1) is 0 Å². The third-order valence-electron chi connectivity index (χ3n) is 4.70. The van der Waals surface area contributed by atoms with Crippen molar-refractivity contribution in [2.75, 3.05) is 19.8 Å². The van der Waals surface area contributed by atoms with Gasteiger partial charge in [0.2, 0.25) is 0 Å². The van der Waals surface area contributed by atoms with Crippen LogP contribution in [0.25, 0.3) is 0 Å². The molecule has 1 heterocycles. The van der Waals surface area contributed by atoms with Crippen molar-refractivity contribution in [3.05, 3.63) is 12.2 Å². The molecule has 0 saturated carbocycles. The molecule has 1 aliphatic rings. The maximum absolute atomic E-state index is 9.79. The lowest BCUT2D eigenvalue weighted by Crippen LogP contribution is -2.54. The second-order valence-electron chi connectivity index (χ2n) is 6.99. The van der Waals surface area contributed by atoms with Crippen LogP contribution in [0.4, 0.5) is 0 Å². The molecule has 1 fully saturated rings. The van der Waals surface area contributed by atoms with Gasteiger partial charge >= 0.3 is 0 Å². The van der Waals surface area contributed by atoms with E-state index in [1.807, 2.05) is 0 Å². The quantitative estimate of drug-likeness (QED) is 0.329. The van der Waals surface area contributed by atoms with Gasteiger partial charge in [-0.1, -0.05) is 57.6 Å². The summed E-state index contributed by atoms with van der Waals surface area (Å²) in [5, 5.41) is 28.8. The molecular formula is C20H38O5. The van der Waals surface area contributed by atoms with Crippen molar-refractivity contribution >= 4 is 0 Å². The zero-order chi connectivity index (χ0) is 18.3. The van der Waals surface area contributed by atoms with Crippen molar-refractivity contribution in [3.63, 3.8) is 0 Å². The third kappa shape index (κ3) is 10.3. The monoisotopic (exact) mass is 358 g/mol. The molecule has 4 atom stereocenters. The number of hydrogen-bond acceptors (Lipinski definition) is 5. The average molecular weight is 359 g/mol. The number of aliphatic hydroxyl groups is 3. The largest absolute Gasteiger partial charge is 0.388 e. The summed E-state index contributed by atoms with van der Waals surface area (Å²) in [6.07, 6.45) is 13.1. The standard InChI is InChI=1S/C20H38O5/c1-2-3-4-5-6-7-8-9-10-11-12-13-14-24-16-18-20(23)19(22)17(21)15-25-18/h3-4,17-23H,2,5-16H2,1H3/b4-3+/t17-,18+,19+,20+/m0/s1. The summed E-state index contributed by atoms with van der Waals surface area (Å²) in [4.78, 5) is 0. The van der Waals surface area contributed by atoms with Crippen LogP contribution in [0.3, 0.4) is 0 Å². The molecule has 0 aromatic rings. The highest BCUT2D eigenvalue weighted by molar-refractivity contribution is 4.86. The van der Waals surface area contributed by atoms with Crippen molar-refractivity contribution in [2.24, 2.45) is 0 Å². The Morgan fingerprint density at radius 2 is 1.52 bits per heavy atom. The summed E-state index contributed by atoms with van der Waals surface area (Å²) in [6, 6.07) is 0. The topological polar surface area (TPSA) is 79.2 Å². The summed E-state index contributed by atoms with van der Waals surface area (Å²) in [6.45, 7) is 3.12. The molecule has 5 nitrogen and oxygen atoms in total. The Balaban J connectivity index is 1.84. The molecule has 0 aromatic heterocycles. The number of ether oxygens (including phenoxy) is 2. The SMILES string of the molecule is CC/C=C/CCCCCCCCCCOC[C@H]1OC[C@H](O)[C@@H](O)[C@@H]1O. The maximum atomic E-state index is 9.79. The first-order valence-electron chi connectivity index (χ1n) is 10.0. The Bertz CT molecular complexity index is 334. The molecule has 3 N–H and O–H groups in total. The predicted octanol–water partition coefficient (Wildman–Crippen LogP) is 2.96. The fourth-order valence-electron chi connectivity index (χ4n) is 3.02. The van der Waals surface area contributed by atoms with Gasteiger partial charge in [0.05, 0.1) is 13.2 Å². The first kappa shape index (κ1) is 22.6. The van der Waals surface area contributed by atoms with E-state index in [9.17, 15) is 15.3 Å². The van der Waals surface area contributed by atoms with E-state index in [0.717, 1.165) is 19.3 Å². The maximum Gasteiger partial charge on any atom is 0.111 e. The van der Waals surface area contributed by atoms with Gasteiger partial charge in [-0.3, -0.25) is 0 Å². The van der Waals surface area contributed by atoms with E-state index in [0.29, 0.717) is 6.61 Å². The van der Waals surface area contributed by atoms with E-state index in [1.54, 1.807) is 0 Å². The Hall–Kier alpha value is -0.460. The second-order valence-corrected chi connectivity index (χ2v) is 6.99. The zero-order valence-corrected chi connectivity index (χ0v) is 15.8. The highest BCUT2D eigenvalue weighted by Crippen LogP contribution is 2.16. The molecule has 1 rings (SSSR count). The zero-order valence-electron chi connectivity index (χ0n) is 15.8. The minimum atomic E-state index is -1.15. The molecule has 1 saturated heterocycles. The van der Waals surface area contributed by atoms with E-state index >= 15 is 0 Å². The van der Waals surface area contributed by atoms with Gasteiger partial charge in [0.15, 0.2) is 0 Å². The van der Waals surface area contributed by atoms with E-state index in [2.05, 4.69) is 19.1 Å². The highest BCUT2D eigenvalue weighted by Gasteiger charge is 2.37. The lowest BCUT2D eigenvalue weighted by atomic mass is 10.0. The second kappa shape index (κ2) is 14.7. The smallest absolute Gasteiger partial charge is 0.111 e. The van der Waals surface area contributed by atoms with Crippen LogP contribution in [-0.4, -0.2) is 59.6 Å². The molecule has 0 unspecified atom stereocenters. The van der Waals surface area contributed by atoms with E-state index in [4.69, 9.17) is 9.47 Å². The first-order valence-corrected chi connectivity index (χ1v) is 10.0. The van der Waals surface area contributed by atoms with Gasteiger partial charge in [0.1, 0.15) is 24.4 Å². The number of hydrogen-bond donors (Lipinski definition) is 3. The van der Waals surface area contributed by atoms with Crippen molar-refractivity contribution in [1.82, 2.24) is 0 Å². The number of unbranched alkanes of at least 4 members (excludes halogenated alkanes) is 8. The fourth-order valence-corrected chi connectivity index (χ4v) is 3.02. The minimum absolute atomic E-state index is 0.0428. The first-order chi connectivity index (χ1) is 12.2. The van der Waals surface area contributed by atoms with E-state index in [-0.39, 0.29) is 13.2 Å². The number of aliphatic hydroxyl groups excluding tert-OH is 3. The average Bonchev–Trinajstić information content (AvgIpc) is 2.61. The lowest BCUT2D eigenvalue weighted by Gasteiger charge is -2.35. The lowest BCUT2D eigenvalue weighted by molar-refractivity contribution is -0.199. The molecule has 0 spiro atoms. The summed E-state index contributed by atoms with van der Waals surface area (Å²) in [7, 11) is 0. The normalized spacial score (nSPS) is 27.2. The molecule has 148 valence electrons. The molecule has 0 aromatic carbocycles. The predicted molar refractivity (Wildman–Crippen MR) is 99.6 cm³/mol. The molecular weight excluding hydrogens is 320 g/mol. The molecule has 0 radical (unpaired) electrons. The van der Waals surface area contributed by atoms with Crippen LogP contribution in [0.2, 0.25) is 0 Å². The van der Waals surface area contributed by atoms with Crippen LogP contribution in [0.15, 0.2) is 12.2 Å². The van der Waals surface area contributed by atoms with Gasteiger partial charge in [0.25, 0.3) is 0 Å². The van der Waals surface area contributed by atoms with Crippen molar-refractivity contribution in [1.29, 1.82) is 0 Å². The summed E-state index contributed by atoms with van der Waals surface area (Å²) < 4.78 is 10.8. The van der Waals surface area contributed by atoms with E-state index in [1.165, 1.54) is 44.9 Å². The molecule has 5 heteroatoms. The van der Waals surface area contributed by atoms with Gasteiger partial charge in [0, 0.05) is 6.61 Å². The van der Waals surface area contributed by atoms with Crippen LogP contribution < -0.4 is 0 Å². The van der Waals surface area contributed by atoms with Gasteiger partial charge < -0.3 is 24.8 Å². The number of allylic oxidation sites excluding steroid dienone is 2. The third-order valence-corrected chi connectivity index (χ3v) is 4.70. The summed E-state index contributed by atoms with van der Waals surface area (Å²) in [5.41, 5.74) is 0. The van der Waals surface area contributed by atoms with Gasteiger partial charge in [-0.15, -0.1) is 0 Å².